The quantitative estimate of drug-likeness (QED) is 0.811. The molecule has 1 heterocycles. The van der Waals surface area contributed by atoms with Gasteiger partial charge in [0.05, 0.1) is 18.9 Å². The second-order valence-corrected chi connectivity index (χ2v) is 6.34. The van der Waals surface area contributed by atoms with Crippen LogP contribution in [-0.2, 0) is 0 Å². The van der Waals surface area contributed by atoms with E-state index in [0.717, 1.165) is 24.4 Å². The van der Waals surface area contributed by atoms with Crippen molar-refractivity contribution < 1.29 is 4.79 Å². The molecular formula is C21H26N4O. The Hall–Kier alpha value is -2.66. The monoisotopic (exact) mass is 350 g/mol. The molecule has 0 saturated carbocycles. The first-order valence-corrected chi connectivity index (χ1v) is 9.19. The van der Waals surface area contributed by atoms with E-state index in [0.29, 0.717) is 13.2 Å². The molecule has 0 fully saturated rings. The standard InChI is InChI=1S/C21H26N4O/c1-3-24(4-2)16-22-21(26)25-15-19(17-11-7-5-8-12-17)20(23-25)18-13-9-6-10-14-18/h5-14,19H,3-4,15-16H2,1-2H3,(H,22,26). The number of hydrogen-bond acceptors (Lipinski definition) is 3. The van der Waals surface area contributed by atoms with Gasteiger partial charge in [-0.2, -0.15) is 5.10 Å². The van der Waals surface area contributed by atoms with Gasteiger partial charge in [-0.25, -0.2) is 9.80 Å². The molecule has 2 aromatic carbocycles. The highest BCUT2D eigenvalue weighted by molar-refractivity contribution is 6.07. The lowest BCUT2D eigenvalue weighted by atomic mass is 9.91. The third kappa shape index (κ3) is 4.11. The van der Waals surface area contributed by atoms with Crippen LogP contribution in [-0.4, -0.2) is 48.0 Å². The number of amides is 2. The highest BCUT2D eigenvalue weighted by Gasteiger charge is 2.32. The van der Waals surface area contributed by atoms with Crippen molar-refractivity contribution in [1.82, 2.24) is 15.2 Å². The lowest BCUT2D eigenvalue weighted by molar-refractivity contribution is 0.192. The van der Waals surface area contributed by atoms with E-state index in [-0.39, 0.29) is 11.9 Å². The second kappa shape index (κ2) is 8.63. The summed E-state index contributed by atoms with van der Waals surface area (Å²) >= 11 is 0. The molecule has 2 aromatic rings. The fourth-order valence-electron chi connectivity index (χ4n) is 3.16. The van der Waals surface area contributed by atoms with Crippen LogP contribution in [0.25, 0.3) is 0 Å². The SMILES string of the molecule is CCN(CC)CNC(=O)N1CC(c2ccccc2)C(c2ccccc2)=N1. The number of benzene rings is 2. The van der Waals surface area contributed by atoms with Crippen molar-refractivity contribution in [3.8, 4) is 0 Å². The molecule has 1 aliphatic rings. The van der Waals surface area contributed by atoms with Gasteiger partial charge in [0.15, 0.2) is 0 Å². The summed E-state index contributed by atoms with van der Waals surface area (Å²) in [7, 11) is 0. The first-order valence-electron chi connectivity index (χ1n) is 9.19. The van der Waals surface area contributed by atoms with Crippen molar-refractivity contribution >= 4 is 11.7 Å². The smallest absolute Gasteiger partial charge is 0.324 e. The van der Waals surface area contributed by atoms with Gasteiger partial charge in [0.2, 0.25) is 0 Å². The van der Waals surface area contributed by atoms with Gasteiger partial charge in [-0.3, -0.25) is 4.90 Å². The molecule has 3 rings (SSSR count). The first-order chi connectivity index (χ1) is 12.7. The number of carbonyl (C=O) groups excluding carboxylic acids is 1. The summed E-state index contributed by atoms with van der Waals surface area (Å²) in [6.07, 6.45) is 0. The lowest BCUT2D eigenvalue weighted by Gasteiger charge is -2.21. The van der Waals surface area contributed by atoms with E-state index >= 15 is 0 Å². The summed E-state index contributed by atoms with van der Waals surface area (Å²) in [6.45, 7) is 7.07. The number of hydrazone groups is 1. The van der Waals surface area contributed by atoms with Crippen molar-refractivity contribution in [2.75, 3.05) is 26.3 Å². The number of urea groups is 1. The highest BCUT2D eigenvalue weighted by Crippen LogP contribution is 2.28. The minimum absolute atomic E-state index is 0.0813. The van der Waals surface area contributed by atoms with Crippen LogP contribution in [0.3, 0.4) is 0 Å². The van der Waals surface area contributed by atoms with E-state index in [4.69, 9.17) is 0 Å². The third-order valence-corrected chi connectivity index (χ3v) is 4.77. The maximum Gasteiger partial charge on any atom is 0.338 e. The number of nitrogens with one attached hydrogen (secondary N) is 1. The molecule has 2 amide bonds. The summed E-state index contributed by atoms with van der Waals surface area (Å²) in [5.41, 5.74) is 3.17. The lowest BCUT2D eigenvalue weighted by Crippen LogP contribution is -2.42. The molecule has 1 atom stereocenters. The van der Waals surface area contributed by atoms with E-state index < -0.39 is 0 Å². The van der Waals surface area contributed by atoms with Gasteiger partial charge >= 0.3 is 6.03 Å². The van der Waals surface area contributed by atoms with Gasteiger partial charge < -0.3 is 5.32 Å². The Morgan fingerprint density at radius 2 is 1.69 bits per heavy atom. The molecule has 0 spiro atoms. The summed E-state index contributed by atoms with van der Waals surface area (Å²) in [5, 5.41) is 9.20. The molecule has 1 aliphatic heterocycles. The Morgan fingerprint density at radius 3 is 2.31 bits per heavy atom. The Balaban J connectivity index is 1.80. The van der Waals surface area contributed by atoms with Crippen molar-refractivity contribution in [2.24, 2.45) is 5.10 Å². The van der Waals surface area contributed by atoms with E-state index in [9.17, 15) is 4.79 Å². The van der Waals surface area contributed by atoms with Crippen LogP contribution in [0, 0.1) is 0 Å². The molecule has 136 valence electrons. The fourth-order valence-corrected chi connectivity index (χ4v) is 3.16. The Kier molecular flexibility index (Phi) is 6.02. The van der Waals surface area contributed by atoms with Crippen molar-refractivity contribution in [3.05, 3.63) is 71.8 Å². The number of nitrogens with zero attached hydrogens (tertiary/aromatic N) is 3. The van der Waals surface area contributed by atoms with Crippen LogP contribution in [0.4, 0.5) is 4.79 Å². The topological polar surface area (TPSA) is 47.9 Å². The van der Waals surface area contributed by atoms with Crippen LogP contribution in [0.15, 0.2) is 65.8 Å². The minimum atomic E-state index is -0.149. The minimum Gasteiger partial charge on any atom is -0.324 e. The van der Waals surface area contributed by atoms with Crippen molar-refractivity contribution in [2.45, 2.75) is 19.8 Å². The van der Waals surface area contributed by atoms with E-state index in [1.807, 2.05) is 48.5 Å². The molecular weight excluding hydrogens is 324 g/mol. The Bertz CT molecular complexity index is 741. The zero-order chi connectivity index (χ0) is 18.4. The van der Waals surface area contributed by atoms with Gasteiger partial charge in [0, 0.05) is 5.92 Å². The van der Waals surface area contributed by atoms with Gasteiger partial charge in [-0.05, 0) is 24.2 Å². The fraction of sp³-hybridized carbons (Fsp3) is 0.333. The van der Waals surface area contributed by atoms with Gasteiger partial charge in [0.1, 0.15) is 0 Å². The largest absolute Gasteiger partial charge is 0.338 e. The zero-order valence-electron chi connectivity index (χ0n) is 15.4. The maximum atomic E-state index is 12.6. The highest BCUT2D eigenvalue weighted by atomic mass is 16.2. The predicted molar refractivity (Wildman–Crippen MR) is 105 cm³/mol. The number of carbonyl (C=O) groups is 1. The first kappa shape index (κ1) is 18.1. The number of rotatable bonds is 6. The van der Waals surface area contributed by atoms with Crippen LogP contribution < -0.4 is 5.32 Å². The summed E-state index contributed by atoms with van der Waals surface area (Å²) in [6, 6.07) is 20.2. The molecule has 1 unspecified atom stereocenters. The zero-order valence-corrected chi connectivity index (χ0v) is 15.4. The Labute approximate surface area is 155 Å². The normalized spacial score (nSPS) is 16.7. The molecule has 0 aromatic heterocycles. The molecule has 0 aliphatic carbocycles. The van der Waals surface area contributed by atoms with Gasteiger partial charge in [-0.1, -0.05) is 74.5 Å². The van der Waals surface area contributed by atoms with E-state index in [1.165, 1.54) is 5.56 Å². The van der Waals surface area contributed by atoms with Crippen LogP contribution in [0.1, 0.15) is 30.9 Å². The molecule has 1 N–H and O–H groups in total. The van der Waals surface area contributed by atoms with Crippen LogP contribution in [0.2, 0.25) is 0 Å². The van der Waals surface area contributed by atoms with Gasteiger partial charge in [-0.15, -0.1) is 0 Å². The predicted octanol–water partition coefficient (Wildman–Crippen LogP) is 3.50. The van der Waals surface area contributed by atoms with Crippen molar-refractivity contribution in [3.63, 3.8) is 0 Å². The van der Waals surface area contributed by atoms with E-state index in [2.05, 4.69) is 41.3 Å². The average molecular weight is 350 g/mol. The maximum absolute atomic E-state index is 12.6. The molecule has 5 heteroatoms. The van der Waals surface area contributed by atoms with Gasteiger partial charge in [0.25, 0.3) is 0 Å². The summed E-state index contributed by atoms with van der Waals surface area (Å²) in [4.78, 5) is 14.8. The molecule has 0 radical (unpaired) electrons. The average Bonchev–Trinajstić information content (AvgIpc) is 3.15. The van der Waals surface area contributed by atoms with E-state index in [1.54, 1.807) is 5.01 Å². The van der Waals surface area contributed by atoms with Crippen LogP contribution in [0.5, 0.6) is 0 Å². The number of hydrogen-bond donors (Lipinski definition) is 1. The molecule has 5 nitrogen and oxygen atoms in total. The third-order valence-electron chi connectivity index (χ3n) is 4.77. The summed E-state index contributed by atoms with van der Waals surface area (Å²) < 4.78 is 0. The Morgan fingerprint density at radius 1 is 1.08 bits per heavy atom. The second-order valence-electron chi connectivity index (χ2n) is 6.34. The summed E-state index contributed by atoms with van der Waals surface area (Å²) in [5.74, 6) is 0.0813. The molecule has 26 heavy (non-hydrogen) atoms. The molecule has 0 saturated heterocycles. The van der Waals surface area contributed by atoms with Crippen molar-refractivity contribution in [1.29, 1.82) is 0 Å². The molecule has 0 bridgehead atoms. The van der Waals surface area contributed by atoms with Crippen LogP contribution >= 0.6 is 0 Å².